The second kappa shape index (κ2) is 7.77. The first-order valence-corrected chi connectivity index (χ1v) is 8.96. The van der Waals surface area contributed by atoms with Gasteiger partial charge in [-0.2, -0.15) is 0 Å². The number of phenolic OH excluding ortho intramolecular Hbond substituents is 1. The van der Waals surface area contributed by atoms with E-state index in [2.05, 4.69) is 5.32 Å². The van der Waals surface area contributed by atoms with E-state index < -0.39 is 29.3 Å². The molecule has 0 bridgehead atoms. The lowest BCUT2D eigenvalue weighted by atomic mass is 10.1. The number of carbonyl (C=O) groups excluding carboxylic acids is 2. The molecular formula is C20H15F2NO4S. The standard InChI is InChI=1S/C20H15F2NO4S/c1-10-3-5-12(14(22)7-10)18-17(20(26)27-2)15(9-28-18)23-19(25)13-8-11(21)4-6-16(13)24/h3-9,24H,1-2H3,(H,23,25). The third-order valence-corrected chi connectivity index (χ3v) is 5.01. The van der Waals surface area contributed by atoms with Gasteiger partial charge in [-0.25, -0.2) is 13.6 Å². The number of esters is 1. The van der Waals surface area contributed by atoms with Crippen LogP contribution in [0.1, 0.15) is 26.3 Å². The van der Waals surface area contributed by atoms with Crippen molar-refractivity contribution in [1.82, 2.24) is 0 Å². The highest BCUT2D eigenvalue weighted by atomic mass is 32.1. The minimum atomic E-state index is -0.823. The number of ether oxygens (including phenoxy) is 1. The number of hydrogen-bond donors (Lipinski definition) is 2. The van der Waals surface area contributed by atoms with Crippen LogP contribution in [0.5, 0.6) is 5.75 Å². The maximum atomic E-state index is 14.4. The number of halogens is 2. The molecule has 0 aliphatic carbocycles. The molecule has 3 rings (SSSR count). The fraction of sp³-hybridized carbons (Fsp3) is 0.100. The van der Waals surface area contributed by atoms with Crippen molar-refractivity contribution in [3.63, 3.8) is 0 Å². The van der Waals surface area contributed by atoms with E-state index >= 15 is 0 Å². The van der Waals surface area contributed by atoms with Gasteiger partial charge in [0.2, 0.25) is 0 Å². The molecule has 0 radical (unpaired) electrons. The molecule has 0 aliphatic rings. The molecule has 0 spiro atoms. The molecule has 0 fully saturated rings. The first kappa shape index (κ1) is 19.5. The minimum Gasteiger partial charge on any atom is -0.507 e. The molecule has 3 aromatic rings. The Balaban J connectivity index is 2.05. The lowest BCUT2D eigenvalue weighted by molar-refractivity contribution is 0.0603. The third kappa shape index (κ3) is 3.72. The van der Waals surface area contributed by atoms with Crippen molar-refractivity contribution < 1.29 is 28.2 Å². The summed E-state index contributed by atoms with van der Waals surface area (Å²) >= 11 is 1.05. The van der Waals surface area contributed by atoms with Crippen LogP contribution in [0.15, 0.2) is 41.8 Å². The number of rotatable bonds is 4. The van der Waals surface area contributed by atoms with E-state index in [1.807, 2.05) is 0 Å². The zero-order chi connectivity index (χ0) is 20.4. The highest BCUT2D eigenvalue weighted by Gasteiger charge is 2.25. The number of anilines is 1. The van der Waals surface area contributed by atoms with Gasteiger partial charge in [-0.3, -0.25) is 4.79 Å². The molecule has 0 saturated heterocycles. The van der Waals surface area contributed by atoms with Gasteiger partial charge >= 0.3 is 5.97 Å². The second-order valence-electron chi connectivity index (χ2n) is 5.94. The van der Waals surface area contributed by atoms with Gasteiger partial charge in [-0.05, 0) is 36.8 Å². The SMILES string of the molecule is COC(=O)c1c(NC(=O)c2cc(F)ccc2O)csc1-c1ccc(C)cc1F. The van der Waals surface area contributed by atoms with Gasteiger partial charge in [0.05, 0.1) is 23.2 Å². The number of aromatic hydroxyl groups is 1. The summed E-state index contributed by atoms with van der Waals surface area (Å²) in [6, 6.07) is 7.49. The topological polar surface area (TPSA) is 75.6 Å². The summed E-state index contributed by atoms with van der Waals surface area (Å²) in [6.07, 6.45) is 0. The van der Waals surface area contributed by atoms with Crippen molar-refractivity contribution in [1.29, 1.82) is 0 Å². The van der Waals surface area contributed by atoms with Gasteiger partial charge in [0.15, 0.2) is 0 Å². The normalized spacial score (nSPS) is 10.6. The molecule has 0 unspecified atom stereocenters. The molecule has 5 nitrogen and oxygen atoms in total. The summed E-state index contributed by atoms with van der Waals surface area (Å²) in [5.74, 6) is -3.24. The fourth-order valence-corrected chi connectivity index (χ4v) is 3.65. The number of methoxy groups -OCH3 is 1. The molecule has 28 heavy (non-hydrogen) atoms. The molecule has 1 aromatic heterocycles. The number of phenols is 1. The van der Waals surface area contributed by atoms with E-state index in [0.717, 1.165) is 29.5 Å². The Hall–Kier alpha value is -3.26. The Morgan fingerprint density at radius 2 is 1.89 bits per heavy atom. The van der Waals surface area contributed by atoms with E-state index in [9.17, 15) is 23.5 Å². The highest BCUT2D eigenvalue weighted by Crippen LogP contribution is 2.38. The van der Waals surface area contributed by atoms with Crippen LogP contribution >= 0.6 is 11.3 Å². The van der Waals surface area contributed by atoms with Crippen LogP contribution in [0.4, 0.5) is 14.5 Å². The summed E-state index contributed by atoms with van der Waals surface area (Å²) in [5.41, 5.74) is 0.641. The van der Waals surface area contributed by atoms with Gasteiger partial charge in [0, 0.05) is 10.9 Å². The van der Waals surface area contributed by atoms with E-state index in [-0.39, 0.29) is 27.3 Å². The zero-order valence-electron chi connectivity index (χ0n) is 14.9. The van der Waals surface area contributed by atoms with Crippen LogP contribution in [0.3, 0.4) is 0 Å². The van der Waals surface area contributed by atoms with Gasteiger partial charge in [-0.15, -0.1) is 11.3 Å². The van der Waals surface area contributed by atoms with E-state index in [1.165, 1.54) is 24.6 Å². The number of carbonyl (C=O) groups is 2. The predicted octanol–water partition coefficient (Wildman–Crippen LogP) is 4.75. The number of nitrogens with one attached hydrogen (secondary N) is 1. The molecule has 2 aromatic carbocycles. The number of benzene rings is 2. The molecular weight excluding hydrogens is 388 g/mol. The van der Waals surface area contributed by atoms with Crippen molar-refractivity contribution in [3.8, 4) is 16.2 Å². The van der Waals surface area contributed by atoms with Crippen molar-refractivity contribution in [2.24, 2.45) is 0 Å². The molecule has 0 aliphatic heterocycles. The van der Waals surface area contributed by atoms with Gasteiger partial charge in [-0.1, -0.05) is 12.1 Å². The molecule has 0 atom stereocenters. The quantitative estimate of drug-likeness (QED) is 0.617. The lowest BCUT2D eigenvalue weighted by Crippen LogP contribution is -2.15. The zero-order valence-corrected chi connectivity index (χ0v) is 15.7. The van der Waals surface area contributed by atoms with Crippen LogP contribution in [0, 0.1) is 18.6 Å². The predicted molar refractivity (Wildman–Crippen MR) is 102 cm³/mol. The summed E-state index contributed by atoms with van der Waals surface area (Å²) in [6.45, 7) is 1.74. The summed E-state index contributed by atoms with van der Waals surface area (Å²) in [7, 11) is 1.17. The number of hydrogen-bond acceptors (Lipinski definition) is 5. The monoisotopic (exact) mass is 403 g/mol. The van der Waals surface area contributed by atoms with E-state index in [4.69, 9.17) is 4.74 Å². The van der Waals surface area contributed by atoms with Crippen LogP contribution < -0.4 is 5.32 Å². The second-order valence-corrected chi connectivity index (χ2v) is 6.82. The third-order valence-electron chi connectivity index (χ3n) is 4.00. The molecule has 0 saturated carbocycles. The van der Waals surface area contributed by atoms with Crippen LogP contribution in [-0.4, -0.2) is 24.1 Å². The molecule has 1 heterocycles. The molecule has 2 N–H and O–H groups in total. The smallest absolute Gasteiger partial charge is 0.341 e. The average Bonchev–Trinajstić information content (AvgIpc) is 3.06. The maximum Gasteiger partial charge on any atom is 0.341 e. The fourth-order valence-electron chi connectivity index (χ4n) is 2.64. The average molecular weight is 403 g/mol. The largest absolute Gasteiger partial charge is 0.507 e. The maximum absolute atomic E-state index is 14.4. The number of thiophene rings is 1. The molecule has 8 heteroatoms. The summed E-state index contributed by atoms with van der Waals surface area (Å²) in [4.78, 5) is 25.0. The Kier molecular flexibility index (Phi) is 5.41. The molecule has 144 valence electrons. The van der Waals surface area contributed by atoms with Crippen molar-refractivity contribution >= 4 is 28.9 Å². The van der Waals surface area contributed by atoms with Crippen LogP contribution in [-0.2, 0) is 4.74 Å². The number of amides is 1. The number of aryl methyl sites for hydroxylation is 1. The Labute approximate surface area is 163 Å². The van der Waals surface area contributed by atoms with Crippen molar-refractivity contribution in [3.05, 3.63) is 70.1 Å². The summed E-state index contributed by atoms with van der Waals surface area (Å²) in [5, 5.41) is 13.7. The Morgan fingerprint density at radius 3 is 2.57 bits per heavy atom. The van der Waals surface area contributed by atoms with Crippen LogP contribution in [0.2, 0.25) is 0 Å². The van der Waals surface area contributed by atoms with Gasteiger partial charge in [0.1, 0.15) is 22.9 Å². The van der Waals surface area contributed by atoms with Crippen molar-refractivity contribution in [2.45, 2.75) is 6.92 Å². The Bertz CT molecular complexity index is 1080. The lowest BCUT2D eigenvalue weighted by Gasteiger charge is -2.09. The highest BCUT2D eigenvalue weighted by molar-refractivity contribution is 7.14. The Morgan fingerprint density at radius 1 is 1.14 bits per heavy atom. The van der Waals surface area contributed by atoms with E-state index in [0.29, 0.717) is 5.56 Å². The van der Waals surface area contributed by atoms with Crippen molar-refractivity contribution in [2.75, 3.05) is 12.4 Å². The molecule has 1 amide bonds. The van der Waals surface area contributed by atoms with E-state index in [1.54, 1.807) is 13.0 Å². The van der Waals surface area contributed by atoms with Gasteiger partial charge < -0.3 is 15.2 Å². The van der Waals surface area contributed by atoms with Crippen LogP contribution in [0.25, 0.3) is 10.4 Å². The minimum absolute atomic E-state index is 0.0282. The summed E-state index contributed by atoms with van der Waals surface area (Å²) < 4.78 is 32.6. The first-order valence-electron chi connectivity index (χ1n) is 8.08. The first-order chi connectivity index (χ1) is 13.3. The van der Waals surface area contributed by atoms with Gasteiger partial charge in [0.25, 0.3) is 5.91 Å².